The number of hydrogen-bond donors (Lipinski definition) is 0. The van der Waals surface area contributed by atoms with E-state index in [1.54, 1.807) is 0 Å². The van der Waals surface area contributed by atoms with Gasteiger partial charge in [0.25, 0.3) is 0 Å². The molecule has 94 valence electrons. The molecule has 0 N–H and O–H groups in total. The van der Waals surface area contributed by atoms with Crippen LogP contribution in [0.2, 0.25) is 0 Å². The van der Waals surface area contributed by atoms with Crippen LogP contribution >= 0.6 is 0 Å². The number of rotatable bonds is 3. The van der Waals surface area contributed by atoms with Gasteiger partial charge in [-0.25, -0.2) is 0 Å². The van der Waals surface area contributed by atoms with E-state index in [0.717, 1.165) is 5.41 Å². The van der Waals surface area contributed by atoms with Crippen molar-refractivity contribution >= 4 is 0 Å². The van der Waals surface area contributed by atoms with Crippen molar-refractivity contribution in [3.05, 3.63) is 0 Å². The molecule has 0 heteroatoms. The van der Waals surface area contributed by atoms with Crippen LogP contribution in [0, 0.1) is 10.8 Å². The molecule has 0 nitrogen and oxygen atoms in total. The van der Waals surface area contributed by atoms with Crippen molar-refractivity contribution in [3.63, 3.8) is 0 Å². The minimum absolute atomic E-state index is 0.700. The van der Waals surface area contributed by atoms with Gasteiger partial charge in [-0.15, -0.1) is 0 Å². The Bertz CT molecular complexity index is 204. The maximum absolute atomic E-state index is 2.58. The van der Waals surface area contributed by atoms with Crippen LogP contribution in [-0.2, 0) is 0 Å². The molecular formula is C16H30. The van der Waals surface area contributed by atoms with Crippen molar-refractivity contribution in [3.8, 4) is 0 Å². The summed E-state index contributed by atoms with van der Waals surface area (Å²) in [6.45, 7) is 5.02. The molecule has 2 saturated carbocycles. The van der Waals surface area contributed by atoms with Crippen LogP contribution in [0.15, 0.2) is 0 Å². The Morgan fingerprint density at radius 3 is 1.75 bits per heavy atom. The quantitative estimate of drug-likeness (QED) is 0.574. The zero-order chi connectivity index (χ0) is 11.5. The topological polar surface area (TPSA) is 0 Å². The minimum Gasteiger partial charge on any atom is -0.0649 e. The molecule has 0 radical (unpaired) electrons. The van der Waals surface area contributed by atoms with Crippen molar-refractivity contribution in [2.75, 3.05) is 0 Å². The van der Waals surface area contributed by atoms with Gasteiger partial charge in [-0.05, 0) is 42.9 Å². The first kappa shape index (κ1) is 12.5. The van der Waals surface area contributed by atoms with E-state index in [4.69, 9.17) is 0 Å². The second-order valence-corrected chi connectivity index (χ2v) is 6.96. The van der Waals surface area contributed by atoms with Crippen LogP contribution < -0.4 is 0 Å². The molecule has 0 saturated heterocycles. The Morgan fingerprint density at radius 2 is 1.25 bits per heavy atom. The molecule has 0 bridgehead atoms. The third-order valence-electron chi connectivity index (χ3n) is 5.53. The van der Waals surface area contributed by atoms with E-state index in [1.165, 1.54) is 77.0 Å². The molecular weight excluding hydrogens is 192 g/mol. The van der Waals surface area contributed by atoms with Gasteiger partial charge in [0.2, 0.25) is 0 Å². The highest BCUT2D eigenvalue weighted by Gasteiger charge is 2.38. The van der Waals surface area contributed by atoms with Crippen LogP contribution in [0.4, 0.5) is 0 Å². The van der Waals surface area contributed by atoms with Crippen molar-refractivity contribution in [2.45, 2.75) is 90.9 Å². The molecule has 0 heterocycles. The highest BCUT2D eigenvalue weighted by atomic mass is 14.4. The van der Waals surface area contributed by atoms with Gasteiger partial charge in [0.1, 0.15) is 0 Å². The van der Waals surface area contributed by atoms with E-state index in [1.807, 2.05) is 0 Å². The van der Waals surface area contributed by atoms with E-state index in [2.05, 4.69) is 13.8 Å². The Balaban J connectivity index is 1.98. The molecule has 2 aliphatic carbocycles. The smallest absolute Gasteiger partial charge is 0.0295 e. The van der Waals surface area contributed by atoms with E-state index in [0.29, 0.717) is 5.41 Å². The summed E-state index contributed by atoms with van der Waals surface area (Å²) in [5.41, 5.74) is 1.44. The molecule has 0 aromatic carbocycles. The summed E-state index contributed by atoms with van der Waals surface area (Å²) in [6.07, 6.45) is 18.0. The SMILES string of the molecule is CCC1(CC2(C)CCCCC2)CCCCC1. The molecule has 0 aromatic rings. The molecule has 0 spiro atoms. The first-order chi connectivity index (χ1) is 7.68. The predicted octanol–water partition coefficient (Wildman–Crippen LogP) is 5.71. The fourth-order valence-electron chi connectivity index (χ4n) is 4.44. The van der Waals surface area contributed by atoms with E-state index in [-0.39, 0.29) is 0 Å². The van der Waals surface area contributed by atoms with Gasteiger partial charge in [0, 0.05) is 0 Å². The van der Waals surface area contributed by atoms with Gasteiger partial charge < -0.3 is 0 Å². The monoisotopic (exact) mass is 222 g/mol. The van der Waals surface area contributed by atoms with Crippen molar-refractivity contribution in [1.29, 1.82) is 0 Å². The van der Waals surface area contributed by atoms with Crippen LogP contribution in [-0.4, -0.2) is 0 Å². The third-order valence-corrected chi connectivity index (χ3v) is 5.53. The molecule has 0 atom stereocenters. The summed E-state index contributed by atoms with van der Waals surface area (Å²) in [4.78, 5) is 0. The van der Waals surface area contributed by atoms with Crippen LogP contribution in [0.1, 0.15) is 90.9 Å². The van der Waals surface area contributed by atoms with Gasteiger partial charge in [0.15, 0.2) is 0 Å². The first-order valence-corrected chi connectivity index (χ1v) is 7.68. The Morgan fingerprint density at radius 1 is 0.750 bits per heavy atom. The lowest BCUT2D eigenvalue weighted by Crippen LogP contribution is -2.32. The third kappa shape index (κ3) is 2.81. The second-order valence-electron chi connectivity index (χ2n) is 6.96. The van der Waals surface area contributed by atoms with E-state index < -0.39 is 0 Å². The normalized spacial score (nSPS) is 28.9. The Labute approximate surface area is 102 Å². The fourth-order valence-corrected chi connectivity index (χ4v) is 4.44. The summed E-state index contributed by atoms with van der Waals surface area (Å²) in [7, 11) is 0. The van der Waals surface area contributed by atoms with Crippen molar-refractivity contribution < 1.29 is 0 Å². The average molecular weight is 222 g/mol. The van der Waals surface area contributed by atoms with Gasteiger partial charge in [-0.3, -0.25) is 0 Å². The molecule has 2 fully saturated rings. The molecule has 0 amide bonds. The molecule has 0 aromatic heterocycles. The summed E-state index contributed by atoms with van der Waals surface area (Å²) in [5, 5.41) is 0. The molecule has 0 aliphatic heterocycles. The first-order valence-electron chi connectivity index (χ1n) is 7.68. The van der Waals surface area contributed by atoms with E-state index >= 15 is 0 Å². The zero-order valence-corrected chi connectivity index (χ0v) is 11.5. The van der Waals surface area contributed by atoms with Gasteiger partial charge >= 0.3 is 0 Å². The van der Waals surface area contributed by atoms with Gasteiger partial charge in [-0.1, -0.05) is 58.8 Å². The zero-order valence-electron chi connectivity index (χ0n) is 11.5. The van der Waals surface area contributed by atoms with Crippen LogP contribution in [0.25, 0.3) is 0 Å². The highest BCUT2D eigenvalue weighted by molar-refractivity contribution is 4.90. The molecule has 0 unspecified atom stereocenters. The largest absolute Gasteiger partial charge is 0.0649 e. The maximum Gasteiger partial charge on any atom is -0.0295 e. The van der Waals surface area contributed by atoms with Crippen LogP contribution in [0.5, 0.6) is 0 Å². The van der Waals surface area contributed by atoms with E-state index in [9.17, 15) is 0 Å². The summed E-state index contributed by atoms with van der Waals surface area (Å²) in [5.74, 6) is 0. The maximum atomic E-state index is 2.58. The lowest BCUT2D eigenvalue weighted by Gasteiger charge is -2.45. The molecule has 2 aliphatic rings. The summed E-state index contributed by atoms with van der Waals surface area (Å²) < 4.78 is 0. The minimum atomic E-state index is 0.700. The summed E-state index contributed by atoms with van der Waals surface area (Å²) >= 11 is 0. The number of hydrogen-bond acceptors (Lipinski definition) is 0. The summed E-state index contributed by atoms with van der Waals surface area (Å²) in [6, 6.07) is 0. The van der Waals surface area contributed by atoms with Gasteiger partial charge in [-0.2, -0.15) is 0 Å². The molecule has 2 rings (SSSR count). The second kappa shape index (κ2) is 5.10. The Kier molecular flexibility index (Phi) is 3.97. The van der Waals surface area contributed by atoms with Gasteiger partial charge in [0.05, 0.1) is 0 Å². The predicted molar refractivity (Wildman–Crippen MR) is 71.6 cm³/mol. The molecule has 16 heavy (non-hydrogen) atoms. The average Bonchev–Trinajstić information content (AvgIpc) is 2.30. The van der Waals surface area contributed by atoms with Crippen molar-refractivity contribution in [2.24, 2.45) is 10.8 Å². The highest BCUT2D eigenvalue weighted by Crippen LogP contribution is 2.51. The lowest BCUT2D eigenvalue weighted by atomic mass is 9.60. The lowest BCUT2D eigenvalue weighted by molar-refractivity contribution is 0.0645. The standard InChI is InChI=1S/C16H30/c1-3-16(12-8-5-9-13-16)14-15(2)10-6-4-7-11-15/h3-14H2,1-2H3. The Hall–Kier alpha value is 0. The fraction of sp³-hybridized carbons (Fsp3) is 1.00. The van der Waals surface area contributed by atoms with Crippen LogP contribution in [0.3, 0.4) is 0 Å². The van der Waals surface area contributed by atoms with Crippen molar-refractivity contribution in [1.82, 2.24) is 0 Å².